The number of Topliss-reactive ketones (excluding diaryl/α,β-unsaturated/α-hetero) is 1. The fraction of sp³-hybridized carbons (Fsp3) is 0.294. The molecule has 0 saturated heterocycles. The summed E-state index contributed by atoms with van der Waals surface area (Å²) in [5.74, 6) is 7.25. The van der Waals surface area contributed by atoms with Crippen molar-refractivity contribution in [3.05, 3.63) is 95.1 Å². The number of rotatable bonds is 14. The van der Waals surface area contributed by atoms with Crippen molar-refractivity contribution in [1.29, 1.82) is 5.41 Å². The van der Waals surface area contributed by atoms with Gasteiger partial charge in [0.15, 0.2) is 0 Å². The molecule has 0 atom stereocenters. The predicted octanol–water partition coefficient (Wildman–Crippen LogP) is 8.56. The zero-order valence-electron chi connectivity index (χ0n) is 25.2. The lowest BCUT2D eigenvalue weighted by Crippen LogP contribution is -2.32. The minimum atomic E-state index is -1.92. The maximum absolute atomic E-state index is 13.3. The maximum atomic E-state index is 13.3. The SMILES string of the molecule is N=C(OCc1ccc(NC(=O)OCCSSCCCC(=O)CCC(=O)N2Cc3ccccc3C#Cc3ccccc32)cc1)C(Cl)(Cl)Cl. The van der Waals surface area contributed by atoms with E-state index in [0.29, 0.717) is 30.8 Å². The third kappa shape index (κ3) is 12.0. The summed E-state index contributed by atoms with van der Waals surface area (Å²) in [5.41, 5.74) is 4.69. The molecular weight excluding hydrogens is 701 g/mol. The first kappa shape index (κ1) is 36.5. The molecule has 0 fully saturated rings. The Kier molecular flexibility index (Phi) is 14.2. The number of nitrogens with one attached hydrogen (secondary N) is 2. The molecule has 3 aromatic carbocycles. The molecule has 3 aromatic rings. The van der Waals surface area contributed by atoms with E-state index in [1.165, 1.54) is 0 Å². The van der Waals surface area contributed by atoms with Crippen LogP contribution in [0.15, 0.2) is 72.8 Å². The van der Waals surface area contributed by atoms with E-state index in [4.69, 9.17) is 49.7 Å². The summed E-state index contributed by atoms with van der Waals surface area (Å²) in [6, 6.07) is 22.2. The Hall–Kier alpha value is -3.33. The Morgan fingerprint density at radius 3 is 2.30 bits per heavy atom. The number of carbonyl (C=O) groups is 3. The zero-order chi connectivity index (χ0) is 33.6. The molecule has 0 aliphatic carbocycles. The van der Waals surface area contributed by atoms with E-state index in [1.807, 2.05) is 48.5 Å². The van der Waals surface area contributed by atoms with Crippen LogP contribution < -0.4 is 10.2 Å². The normalized spacial score (nSPS) is 11.9. The van der Waals surface area contributed by atoms with Crippen LogP contribution in [0, 0.1) is 17.3 Å². The van der Waals surface area contributed by atoms with Crippen LogP contribution >= 0.6 is 56.4 Å². The molecule has 47 heavy (non-hydrogen) atoms. The number of carbonyl (C=O) groups excluding carboxylic acids is 3. The number of alkyl halides is 3. The number of nitrogens with zero attached hydrogens (tertiary/aromatic N) is 1. The number of para-hydroxylation sites is 1. The van der Waals surface area contributed by atoms with Crippen LogP contribution in [0.3, 0.4) is 0 Å². The highest BCUT2D eigenvalue weighted by Gasteiger charge is 2.28. The van der Waals surface area contributed by atoms with Crippen LogP contribution in [0.5, 0.6) is 0 Å². The van der Waals surface area contributed by atoms with Gasteiger partial charge in [0.2, 0.25) is 11.8 Å². The van der Waals surface area contributed by atoms with Gasteiger partial charge in [-0.2, -0.15) is 0 Å². The third-order valence-corrected chi connectivity index (χ3v) is 9.77. The van der Waals surface area contributed by atoms with Crippen LogP contribution in [-0.2, 0) is 32.2 Å². The zero-order valence-corrected chi connectivity index (χ0v) is 29.1. The molecule has 0 aromatic heterocycles. The fourth-order valence-electron chi connectivity index (χ4n) is 4.40. The molecule has 2 amide bonds. The molecular formula is C34H32Cl3N3O5S2. The number of amides is 2. The molecule has 0 saturated carbocycles. The highest BCUT2D eigenvalue weighted by atomic mass is 35.6. The fourth-order valence-corrected chi connectivity index (χ4v) is 6.48. The smallest absolute Gasteiger partial charge is 0.411 e. The van der Waals surface area contributed by atoms with Crippen molar-refractivity contribution in [1.82, 2.24) is 0 Å². The molecule has 0 spiro atoms. The minimum Gasteiger partial charge on any atom is -0.473 e. The van der Waals surface area contributed by atoms with Crippen molar-refractivity contribution in [3.8, 4) is 11.8 Å². The van der Waals surface area contributed by atoms with Crippen molar-refractivity contribution in [2.45, 2.75) is 42.6 Å². The second kappa shape index (κ2) is 18.3. The first-order chi connectivity index (χ1) is 22.6. The van der Waals surface area contributed by atoms with Gasteiger partial charge < -0.3 is 14.4 Å². The Morgan fingerprint density at radius 2 is 1.53 bits per heavy atom. The summed E-state index contributed by atoms with van der Waals surface area (Å²) < 4.78 is 8.43. The number of halogens is 3. The van der Waals surface area contributed by atoms with Crippen LogP contribution in [0.4, 0.5) is 16.2 Å². The minimum absolute atomic E-state index is 0.0422. The largest absolute Gasteiger partial charge is 0.473 e. The Balaban J connectivity index is 1.07. The predicted molar refractivity (Wildman–Crippen MR) is 193 cm³/mol. The monoisotopic (exact) mass is 731 g/mol. The third-order valence-electron chi connectivity index (χ3n) is 6.80. The van der Waals surface area contributed by atoms with Gasteiger partial charge >= 0.3 is 6.09 Å². The lowest BCUT2D eigenvalue weighted by atomic mass is 10.0. The molecule has 0 bridgehead atoms. The van der Waals surface area contributed by atoms with Crippen molar-refractivity contribution in [2.24, 2.45) is 0 Å². The molecule has 0 radical (unpaired) electrons. The Morgan fingerprint density at radius 1 is 0.851 bits per heavy atom. The van der Waals surface area contributed by atoms with Crippen molar-refractivity contribution >= 4 is 91.4 Å². The summed E-state index contributed by atoms with van der Waals surface area (Å²) in [4.78, 5) is 39.7. The summed E-state index contributed by atoms with van der Waals surface area (Å²) >= 11 is 16.8. The topological polar surface area (TPSA) is 109 Å². The number of hydrogen-bond donors (Lipinski definition) is 2. The average Bonchev–Trinajstić information content (AvgIpc) is 3.05. The lowest BCUT2D eigenvalue weighted by molar-refractivity contribution is -0.124. The second-order valence-electron chi connectivity index (χ2n) is 10.3. The molecule has 8 nitrogen and oxygen atoms in total. The molecule has 1 aliphatic rings. The summed E-state index contributed by atoms with van der Waals surface area (Å²) in [7, 11) is 3.17. The molecule has 246 valence electrons. The molecule has 1 heterocycles. The van der Waals surface area contributed by atoms with Gasteiger partial charge in [0.1, 0.15) is 19.0 Å². The number of anilines is 2. The van der Waals surface area contributed by atoms with E-state index >= 15 is 0 Å². The number of ketones is 1. The summed E-state index contributed by atoms with van der Waals surface area (Å²) in [6.45, 7) is 0.679. The standard InChI is InChI=1S/C34H32Cl3N3O5S2/c35-34(36,37)32(38)45-23-24-11-15-28(16-12-24)39-33(43)44-19-21-47-46-20-5-9-29(41)17-18-31(42)40-22-27-8-2-1-6-25(27)13-14-26-7-3-4-10-30(26)40/h1-4,6-8,10-12,15-16,38H,5,9,17-23H2,(H,39,43). The highest BCUT2D eigenvalue weighted by molar-refractivity contribution is 8.76. The van der Waals surface area contributed by atoms with Crippen molar-refractivity contribution in [2.75, 3.05) is 28.3 Å². The molecule has 4 rings (SSSR count). The van der Waals surface area contributed by atoms with Crippen LogP contribution in [0.2, 0.25) is 0 Å². The van der Waals surface area contributed by atoms with Crippen molar-refractivity contribution in [3.63, 3.8) is 0 Å². The number of fused-ring (bicyclic) bond motifs is 2. The van der Waals surface area contributed by atoms with Crippen LogP contribution in [0.1, 0.15) is 47.9 Å². The van der Waals surface area contributed by atoms with Gasteiger partial charge in [-0.25, -0.2) is 4.79 Å². The average molecular weight is 733 g/mol. The second-order valence-corrected chi connectivity index (χ2v) is 15.2. The van der Waals surface area contributed by atoms with E-state index in [2.05, 4.69) is 17.2 Å². The number of hydrogen-bond acceptors (Lipinski definition) is 8. The molecule has 1 aliphatic heterocycles. The van der Waals surface area contributed by atoms with E-state index in [1.54, 1.807) is 50.8 Å². The summed E-state index contributed by atoms with van der Waals surface area (Å²) in [5, 5.41) is 10.2. The van der Waals surface area contributed by atoms with Crippen LogP contribution in [-0.4, -0.2) is 45.6 Å². The van der Waals surface area contributed by atoms with Gasteiger partial charge in [-0.15, -0.1) is 0 Å². The lowest BCUT2D eigenvalue weighted by Gasteiger charge is -2.26. The Bertz CT molecular complexity index is 1640. The summed E-state index contributed by atoms with van der Waals surface area (Å²) in [6.07, 6.45) is 0.879. The van der Waals surface area contributed by atoms with Gasteiger partial charge in [-0.1, -0.05) is 111 Å². The maximum Gasteiger partial charge on any atom is 0.411 e. The molecule has 13 heteroatoms. The van der Waals surface area contributed by atoms with Gasteiger partial charge in [-0.3, -0.25) is 20.3 Å². The van der Waals surface area contributed by atoms with E-state index in [9.17, 15) is 14.4 Å². The van der Waals surface area contributed by atoms with E-state index in [-0.39, 0.29) is 37.7 Å². The van der Waals surface area contributed by atoms with Gasteiger partial charge in [0, 0.05) is 47.6 Å². The van der Waals surface area contributed by atoms with Crippen molar-refractivity contribution < 1.29 is 23.9 Å². The number of benzene rings is 3. The van der Waals surface area contributed by atoms with E-state index in [0.717, 1.165) is 33.7 Å². The van der Waals surface area contributed by atoms with Gasteiger partial charge in [0.05, 0.1) is 12.2 Å². The molecule has 0 unspecified atom stereocenters. The Labute approximate surface area is 297 Å². The first-order valence-corrected chi connectivity index (χ1v) is 18.3. The first-order valence-electron chi connectivity index (χ1n) is 14.7. The number of ether oxygens (including phenoxy) is 2. The van der Waals surface area contributed by atoms with E-state index < -0.39 is 15.8 Å². The van der Waals surface area contributed by atoms with Crippen LogP contribution in [0.25, 0.3) is 0 Å². The highest BCUT2D eigenvalue weighted by Crippen LogP contribution is 2.29. The van der Waals surface area contributed by atoms with Gasteiger partial charge in [0.25, 0.3) is 3.79 Å². The molecule has 2 N–H and O–H groups in total. The van der Waals surface area contributed by atoms with Gasteiger partial charge in [-0.05, 0) is 47.9 Å². The quantitative estimate of drug-likeness (QED) is 0.0427.